The second kappa shape index (κ2) is 6.91. The Morgan fingerprint density at radius 2 is 1.91 bits per heavy atom. The van der Waals surface area contributed by atoms with Gasteiger partial charge in [-0.15, -0.1) is 5.10 Å². The second-order valence-corrected chi connectivity index (χ2v) is 8.19. The van der Waals surface area contributed by atoms with Crippen LogP contribution >= 0.6 is 0 Å². The first-order valence-electron chi connectivity index (χ1n) is 10.5. The van der Waals surface area contributed by atoms with Crippen molar-refractivity contribution in [2.24, 2.45) is 7.05 Å². The number of amides is 2. The van der Waals surface area contributed by atoms with Crippen LogP contribution in [-0.4, -0.2) is 36.1 Å². The molecule has 3 aromatic carbocycles. The molecule has 1 aliphatic rings. The van der Waals surface area contributed by atoms with Crippen molar-refractivity contribution in [3.63, 3.8) is 0 Å². The lowest BCUT2D eigenvalue weighted by molar-refractivity contribution is 0.186. The molecule has 2 amide bonds. The van der Waals surface area contributed by atoms with Crippen LogP contribution < -0.4 is 5.32 Å². The number of nitrogens with one attached hydrogen (secondary N) is 2. The number of aromatic nitrogens is 5. The quantitative estimate of drug-likeness (QED) is 0.443. The van der Waals surface area contributed by atoms with Gasteiger partial charge in [-0.1, -0.05) is 41.6 Å². The van der Waals surface area contributed by atoms with Gasteiger partial charge in [-0.05, 0) is 42.3 Å². The number of nitrogens with zero attached hydrogens (tertiary/aromatic N) is 5. The van der Waals surface area contributed by atoms with E-state index in [-0.39, 0.29) is 12.1 Å². The number of aromatic amines is 1. The molecule has 0 aliphatic carbocycles. The monoisotopic (exact) mass is 423 g/mol. The summed E-state index contributed by atoms with van der Waals surface area (Å²) in [5.74, 6) is 0. The summed E-state index contributed by atoms with van der Waals surface area (Å²) >= 11 is 0. The Hall–Kier alpha value is -4.20. The number of anilines is 1. The minimum absolute atomic E-state index is 0.0383. The molecule has 5 aromatic rings. The number of carbonyl (C=O) groups excluding carboxylic acids is 1. The highest BCUT2D eigenvalue weighted by molar-refractivity contribution is 6.00. The number of benzene rings is 3. The molecule has 0 spiro atoms. The molecule has 2 aromatic heterocycles. The summed E-state index contributed by atoms with van der Waals surface area (Å²) in [6.07, 6.45) is 0. The second-order valence-electron chi connectivity index (χ2n) is 8.19. The third kappa shape index (κ3) is 2.84. The van der Waals surface area contributed by atoms with E-state index in [4.69, 9.17) is 0 Å². The fraction of sp³-hybridized carbons (Fsp3) is 0.167. The van der Waals surface area contributed by atoms with Gasteiger partial charge in [0.1, 0.15) is 5.52 Å². The van der Waals surface area contributed by atoms with Gasteiger partial charge < -0.3 is 10.2 Å². The van der Waals surface area contributed by atoms with Crippen molar-refractivity contribution in [3.05, 3.63) is 71.8 Å². The molecule has 0 fully saturated rings. The van der Waals surface area contributed by atoms with Gasteiger partial charge in [0.05, 0.1) is 29.3 Å². The summed E-state index contributed by atoms with van der Waals surface area (Å²) in [7, 11) is 1.88. The van der Waals surface area contributed by atoms with Crippen molar-refractivity contribution in [1.29, 1.82) is 0 Å². The van der Waals surface area contributed by atoms with Crippen LogP contribution in [0.25, 0.3) is 33.2 Å². The molecule has 1 atom stereocenters. The molecule has 0 saturated carbocycles. The number of fused-ring (bicyclic) bond motifs is 3. The van der Waals surface area contributed by atoms with E-state index in [1.807, 2.05) is 60.5 Å². The Kier molecular flexibility index (Phi) is 4.01. The average molecular weight is 423 g/mol. The van der Waals surface area contributed by atoms with Gasteiger partial charge in [0.25, 0.3) is 0 Å². The van der Waals surface area contributed by atoms with E-state index in [1.165, 1.54) is 0 Å². The molecule has 1 unspecified atom stereocenters. The van der Waals surface area contributed by atoms with Gasteiger partial charge >= 0.3 is 6.03 Å². The summed E-state index contributed by atoms with van der Waals surface area (Å²) in [4.78, 5) is 14.7. The molecule has 32 heavy (non-hydrogen) atoms. The Morgan fingerprint density at radius 3 is 2.75 bits per heavy atom. The number of aryl methyl sites for hydroxylation is 1. The maximum absolute atomic E-state index is 12.8. The standard InChI is InChI=1S/C24H21N7O/c1-14(15-6-4-3-5-7-15)31-13-17-10-18-21(12-20(17)25-24(31)32)26-28-23(18)16-8-9-19-22(11-16)30(2)29-27-19/h3-12,14H,13H2,1-2H3,(H,25,32)(H,26,28). The van der Waals surface area contributed by atoms with Gasteiger partial charge in [0, 0.05) is 23.7 Å². The van der Waals surface area contributed by atoms with Crippen molar-refractivity contribution < 1.29 is 4.79 Å². The van der Waals surface area contributed by atoms with Crippen LogP contribution in [0.15, 0.2) is 60.7 Å². The number of rotatable bonds is 3. The molecule has 8 heteroatoms. The van der Waals surface area contributed by atoms with Crippen LogP contribution in [0.4, 0.5) is 10.5 Å². The van der Waals surface area contributed by atoms with Crippen molar-refractivity contribution in [2.45, 2.75) is 19.5 Å². The van der Waals surface area contributed by atoms with Crippen molar-refractivity contribution >= 4 is 33.7 Å². The molecular weight excluding hydrogens is 402 g/mol. The lowest BCUT2D eigenvalue weighted by Gasteiger charge is -2.34. The third-order valence-corrected chi connectivity index (χ3v) is 6.26. The number of hydrogen-bond acceptors (Lipinski definition) is 4. The highest BCUT2D eigenvalue weighted by Gasteiger charge is 2.28. The topological polar surface area (TPSA) is 91.7 Å². The average Bonchev–Trinajstić information content (AvgIpc) is 3.40. The SMILES string of the molecule is CC(c1ccccc1)N1Cc2cc3c(-c4ccc5nnn(C)c5c4)n[nH]c3cc2NC1=O. The molecule has 8 nitrogen and oxygen atoms in total. The molecule has 0 bridgehead atoms. The van der Waals surface area contributed by atoms with Gasteiger partial charge in [0.2, 0.25) is 0 Å². The first-order chi connectivity index (χ1) is 15.6. The summed E-state index contributed by atoms with van der Waals surface area (Å²) in [5, 5.41) is 20.0. The summed E-state index contributed by atoms with van der Waals surface area (Å²) in [6, 6.07) is 20.1. The molecule has 1 aliphatic heterocycles. The van der Waals surface area contributed by atoms with E-state index < -0.39 is 0 Å². The number of urea groups is 1. The third-order valence-electron chi connectivity index (χ3n) is 6.26. The van der Waals surface area contributed by atoms with Crippen LogP contribution in [0.3, 0.4) is 0 Å². The van der Waals surface area contributed by atoms with E-state index in [2.05, 4.69) is 44.9 Å². The highest BCUT2D eigenvalue weighted by atomic mass is 16.2. The van der Waals surface area contributed by atoms with Crippen LogP contribution in [0, 0.1) is 0 Å². The normalized spacial score (nSPS) is 14.6. The summed E-state index contributed by atoms with van der Waals surface area (Å²) in [6.45, 7) is 2.58. The first kappa shape index (κ1) is 18.6. The fourth-order valence-corrected chi connectivity index (χ4v) is 4.42. The Bertz CT molecular complexity index is 1480. The predicted molar refractivity (Wildman–Crippen MR) is 123 cm³/mol. The predicted octanol–water partition coefficient (Wildman–Crippen LogP) is 4.62. The first-order valence-corrected chi connectivity index (χ1v) is 10.5. The zero-order valence-electron chi connectivity index (χ0n) is 17.7. The van der Waals surface area contributed by atoms with Crippen molar-refractivity contribution in [1.82, 2.24) is 30.1 Å². The van der Waals surface area contributed by atoms with E-state index in [1.54, 1.807) is 4.68 Å². The van der Waals surface area contributed by atoms with Gasteiger partial charge in [0.15, 0.2) is 0 Å². The Labute approximate surface area is 183 Å². The van der Waals surface area contributed by atoms with Crippen LogP contribution in [0.5, 0.6) is 0 Å². The molecule has 0 saturated heterocycles. The molecule has 6 rings (SSSR count). The zero-order valence-corrected chi connectivity index (χ0v) is 17.7. The minimum Gasteiger partial charge on any atom is -0.313 e. The molecule has 2 N–H and O–H groups in total. The number of carbonyl (C=O) groups is 1. The number of hydrogen-bond donors (Lipinski definition) is 2. The minimum atomic E-state index is -0.0953. The zero-order chi connectivity index (χ0) is 21.8. The van der Waals surface area contributed by atoms with Crippen molar-refractivity contribution in [2.75, 3.05) is 5.32 Å². The van der Waals surface area contributed by atoms with Gasteiger partial charge in [-0.2, -0.15) is 5.10 Å². The molecular formula is C24H21N7O. The Morgan fingerprint density at radius 1 is 1.06 bits per heavy atom. The van der Waals surface area contributed by atoms with Crippen LogP contribution in [-0.2, 0) is 13.6 Å². The highest BCUT2D eigenvalue weighted by Crippen LogP contribution is 2.36. The van der Waals surface area contributed by atoms with Crippen LogP contribution in [0.1, 0.15) is 24.1 Å². The smallest absolute Gasteiger partial charge is 0.313 e. The molecule has 158 valence electrons. The lowest BCUT2D eigenvalue weighted by atomic mass is 10.0. The fourth-order valence-electron chi connectivity index (χ4n) is 4.42. The lowest BCUT2D eigenvalue weighted by Crippen LogP contribution is -2.40. The summed E-state index contributed by atoms with van der Waals surface area (Å²) < 4.78 is 1.76. The van der Waals surface area contributed by atoms with E-state index in [9.17, 15) is 4.79 Å². The van der Waals surface area contributed by atoms with E-state index in [0.29, 0.717) is 6.54 Å². The largest absolute Gasteiger partial charge is 0.322 e. The number of H-pyrrole nitrogens is 1. The maximum Gasteiger partial charge on any atom is 0.322 e. The van der Waals surface area contributed by atoms with Crippen LogP contribution in [0.2, 0.25) is 0 Å². The van der Waals surface area contributed by atoms with Gasteiger partial charge in [-0.25, -0.2) is 9.48 Å². The van der Waals surface area contributed by atoms with E-state index in [0.717, 1.165) is 50.0 Å². The van der Waals surface area contributed by atoms with Crippen molar-refractivity contribution in [3.8, 4) is 11.3 Å². The summed E-state index contributed by atoms with van der Waals surface area (Å²) in [5.41, 5.74) is 7.52. The van der Waals surface area contributed by atoms with E-state index >= 15 is 0 Å². The molecule has 0 radical (unpaired) electrons. The van der Waals surface area contributed by atoms with Gasteiger partial charge in [-0.3, -0.25) is 5.10 Å². The Balaban J connectivity index is 1.41. The maximum atomic E-state index is 12.8. The molecule has 3 heterocycles.